The lowest BCUT2D eigenvalue weighted by atomic mass is 10.1. The average Bonchev–Trinajstić information content (AvgIpc) is 2.76. The van der Waals surface area contributed by atoms with E-state index in [9.17, 15) is 9.18 Å². The summed E-state index contributed by atoms with van der Waals surface area (Å²) < 4.78 is 13.2. The average molecular weight is 264 g/mol. The van der Waals surface area contributed by atoms with Crippen LogP contribution in [0.25, 0.3) is 0 Å². The quantitative estimate of drug-likeness (QED) is 0.906. The van der Waals surface area contributed by atoms with Gasteiger partial charge in [0.1, 0.15) is 5.82 Å². The maximum atomic E-state index is 13.2. The maximum Gasteiger partial charge on any atom is 0.220 e. The normalized spacial score (nSPS) is 18.9. The fraction of sp³-hybridized carbons (Fsp3) is 0.533. The van der Waals surface area contributed by atoms with Gasteiger partial charge < -0.3 is 10.2 Å². The van der Waals surface area contributed by atoms with Crippen LogP contribution in [0.1, 0.15) is 26.7 Å². The van der Waals surface area contributed by atoms with Gasteiger partial charge in [0.15, 0.2) is 0 Å². The van der Waals surface area contributed by atoms with Crippen LogP contribution in [-0.2, 0) is 4.79 Å². The molecule has 1 aromatic rings. The van der Waals surface area contributed by atoms with Gasteiger partial charge in [-0.15, -0.1) is 0 Å². The fourth-order valence-electron chi connectivity index (χ4n) is 2.44. The Morgan fingerprint density at radius 3 is 3.00 bits per heavy atom. The first-order valence-corrected chi connectivity index (χ1v) is 6.84. The first-order valence-electron chi connectivity index (χ1n) is 6.84. The Bertz CT molecular complexity index is 448. The van der Waals surface area contributed by atoms with Gasteiger partial charge in [-0.1, -0.05) is 19.9 Å². The van der Waals surface area contributed by atoms with Crippen molar-refractivity contribution in [3.8, 4) is 0 Å². The van der Waals surface area contributed by atoms with Gasteiger partial charge in [0.25, 0.3) is 0 Å². The molecule has 1 heterocycles. The van der Waals surface area contributed by atoms with Crippen molar-refractivity contribution < 1.29 is 9.18 Å². The first-order chi connectivity index (χ1) is 9.04. The standard InChI is InChI=1S/C15H21FN2O/c1-11(2)8-15(19)17-13-6-7-18(10-13)14-5-3-4-12(16)9-14/h3-5,9,11,13H,6-8,10H2,1-2H3,(H,17,19). The molecule has 1 saturated heterocycles. The fourth-order valence-corrected chi connectivity index (χ4v) is 2.44. The summed E-state index contributed by atoms with van der Waals surface area (Å²) >= 11 is 0. The molecule has 1 fully saturated rings. The number of anilines is 1. The van der Waals surface area contributed by atoms with E-state index >= 15 is 0 Å². The summed E-state index contributed by atoms with van der Waals surface area (Å²) in [7, 11) is 0. The Morgan fingerprint density at radius 2 is 2.32 bits per heavy atom. The molecule has 1 atom stereocenters. The number of carbonyl (C=O) groups is 1. The van der Waals surface area contributed by atoms with Crippen molar-refractivity contribution in [2.24, 2.45) is 5.92 Å². The minimum atomic E-state index is -0.218. The van der Waals surface area contributed by atoms with E-state index in [2.05, 4.69) is 10.2 Å². The predicted molar refractivity (Wildman–Crippen MR) is 74.6 cm³/mol. The minimum Gasteiger partial charge on any atom is -0.369 e. The number of carbonyl (C=O) groups excluding carboxylic acids is 1. The molecule has 0 aliphatic carbocycles. The molecule has 1 N–H and O–H groups in total. The lowest BCUT2D eigenvalue weighted by Gasteiger charge is -2.19. The number of amides is 1. The molecule has 4 heteroatoms. The molecule has 104 valence electrons. The molecule has 1 aromatic carbocycles. The van der Waals surface area contributed by atoms with Crippen LogP contribution in [0.3, 0.4) is 0 Å². The van der Waals surface area contributed by atoms with E-state index in [-0.39, 0.29) is 17.8 Å². The van der Waals surface area contributed by atoms with Gasteiger partial charge in [-0.25, -0.2) is 4.39 Å². The molecule has 3 nitrogen and oxygen atoms in total. The van der Waals surface area contributed by atoms with E-state index in [4.69, 9.17) is 0 Å². The number of nitrogens with zero attached hydrogens (tertiary/aromatic N) is 1. The highest BCUT2D eigenvalue weighted by Crippen LogP contribution is 2.21. The molecule has 0 bridgehead atoms. The Hall–Kier alpha value is -1.58. The zero-order valence-corrected chi connectivity index (χ0v) is 11.5. The van der Waals surface area contributed by atoms with Crippen LogP contribution in [0.4, 0.5) is 10.1 Å². The van der Waals surface area contributed by atoms with Crippen LogP contribution in [0.2, 0.25) is 0 Å². The van der Waals surface area contributed by atoms with E-state index < -0.39 is 0 Å². The van der Waals surface area contributed by atoms with E-state index in [1.54, 1.807) is 6.07 Å². The van der Waals surface area contributed by atoms with Gasteiger partial charge in [0.2, 0.25) is 5.91 Å². The molecule has 1 amide bonds. The van der Waals surface area contributed by atoms with Crippen LogP contribution in [0.5, 0.6) is 0 Å². The van der Waals surface area contributed by atoms with Crippen LogP contribution < -0.4 is 10.2 Å². The Kier molecular flexibility index (Phi) is 4.40. The van der Waals surface area contributed by atoms with Gasteiger partial charge in [-0.2, -0.15) is 0 Å². The summed E-state index contributed by atoms with van der Waals surface area (Å²) in [6.45, 7) is 5.68. The number of hydrogen-bond acceptors (Lipinski definition) is 2. The molecule has 0 aromatic heterocycles. The number of nitrogens with one attached hydrogen (secondary N) is 1. The zero-order chi connectivity index (χ0) is 13.8. The lowest BCUT2D eigenvalue weighted by molar-refractivity contribution is -0.122. The van der Waals surface area contributed by atoms with E-state index in [1.165, 1.54) is 12.1 Å². The maximum absolute atomic E-state index is 13.2. The number of rotatable bonds is 4. The van der Waals surface area contributed by atoms with Crippen LogP contribution in [0, 0.1) is 11.7 Å². The van der Waals surface area contributed by atoms with Crippen LogP contribution in [0.15, 0.2) is 24.3 Å². The smallest absolute Gasteiger partial charge is 0.220 e. The summed E-state index contributed by atoms with van der Waals surface area (Å²) in [5.41, 5.74) is 0.889. The third-order valence-electron chi connectivity index (χ3n) is 3.32. The second-order valence-electron chi connectivity index (χ2n) is 5.58. The van der Waals surface area contributed by atoms with E-state index in [0.29, 0.717) is 12.3 Å². The molecule has 0 radical (unpaired) electrons. The third kappa shape index (κ3) is 3.94. The number of hydrogen-bond donors (Lipinski definition) is 1. The van der Waals surface area contributed by atoms with Crippen molar-refractivity contribution >= 4 is 11.6 Å². The molecular weight excluding hydrogens is 243 g/mol. The summed E-state index contributed by atoms with van der Waals surface area (Å²) in [6, 6.07) is 6.78. The Labute approximate surface area is 113 Å². The molecule has 0 saturated carbocycles. The van der Waals surface area contributed by atoms with Gasteiger partial charge in [0.05, 0.1) is 0 Å². The van der Waals surface area contributed by atoms with Crippen molar-refractivity contribution in [3.05, 3.63) is 30.1 Å². The SMILES string of the molecule is CC(C)CC(=O)NC1CCN(c2cccc(F)c2)C1. The highest BCUT2D eigenvalue weighted by atomic mass is 19.1. The van der Waals surface area contributed by atoms with Gasteiger partial charge in [-0.3, -0.25) is 4.79 Å². The molecule has 1 unspecified atom stereocenters. The topological polar surface area (TPSA) is 32.3 Å². The van der Waals surface area contributed by atoms with Gasteiger partial charge >= 0.3 is 0 Å². The lowest BCUT2D eigenvalue weighted by Crippen LogP contribution is -2.37. The molecular formula is C15H21FN2O. The van der Waals surface area contributed by atoms with Gasteiger partial charge in [-0.05, 0) is 30.5 Å². The zero-order valence-electron chi connectivity index (χ0n) is 11.5. The first kappa shape index (κ1) is 13.8. The molecule has 0 spiro atoms. The highest BCUT2D eigenvalue weighted by molar-refractivity contribution is 5.76. The second kappa shape index (κ2) is 6.04. The predicted octanol–water partition coefficient (Wildman–Crippen LogP) is 2.57. The van der Waals surface area contributed by atoms with E-state index in [1.807, 2.05) is 19.9 Å². The highest BCUT2D eigenvalue weighted by Gasteiger charge is 2.24. The van der Waals surface area contributed by atoms with Crippen molar-refractivity contribution in [2.45, 2.75) is 32.7 Å². The summed E-state index contributed by atoms with van der Waals surface area (Å²) in [5.74, 6) is 0.270. The van der Waals surface area contributed by atoms with Crippen molar-refractivity contribution in [3.63, 3.8) is 0 Å². The molecule has 1 aliphatic rings. The summed E-state index contributed by atoms with van der Waals surface area (Å²) in [4.78, 5) is 13.8. The monoisotopic (exact) mass is 264 g/mol. The van der Waals surface area contributed by atoms with E-state index in [0.717, 1.165) is 25.2 Å². The van der Waals surface area contributed by atoms with Crippen molar-refractivity contribution in [1.29, 1.82) is 0 Å². The van der Waals surface area contributed by atoms with Crippen molar-refractivity contribution in [2.75, 3.05) is 18.0 Å². The molecule has 2 rings (SSSR count). The Morgan fingerprint density at radius 1 is 1.53 bits per heavy atom. The van der Waals surface area contributed by atoms with Crippen molar-refractivity contribution in [1.82, 2.24) is 5.32 Å². The largest absolute Gasteiger partial charge is 0.369 e. The Balaban J connectivity index is 1.88. The third-order valence-corrected chi connectivity index (χ3v) is 3.32. The molecule has 1 aliphatic heterocycles. The van der Waals surface area contributed by atoms with Crippen LogP contribution >= 0.6 is 0 Å². The summed E-state index contributed by atoms with van der Waals surface area (Å²) in [5, 5.41) is 3.05. The minimum absolute atomic E-state index is 0.112. The summed E-state index contributed by atoms with van der Waals surface area (Å²) in [6.07, 6.45) is 1.48. The van der Waals surface area contributed by atoms with Crippen LogP contribution in [-0.4, -0.2) is 25.0 Å². The number of halogens is 1. The second-order valence-corrected chi connectivity index (χ2v) is 5.58. The van der Waals surface area contributed by atoms with Gasteiger partial charge in [0, 0.05) is 31.2 Å². The number of benzene rings is 1. The molecule has 19 heavy (non-hydrogen) atoms.